The summed E-state index contributed by atoms with van der Waals surface area (Å²) in [4.78, 5) is 16.7. The Hall–Kier alpha value is -2.02. The van der Waals surface area contributed by atoms with Crippen molar-refractivity contribution in [3.05, 3.63) is 42.2 Å². The third kappa shape index (κ3) is 4.64. The molecular formula is C21H29N5O. The maximum Gasteiger partial charge on any atom is 0.147 e. The van der Waals surface area contributed by atoms with E-state index in [0.717, 1.165) is 48.8 Å². The number of benzene rings is 1. The van der Waals surface area contributed by atoms with Crippen LogP contribution in [0, 0.1) is 0 Å². The van der Waals surface area contributed by atoms with E-state index in [9.17, 15) is 5.11 Å². The van der Waals surface area contributed by atoms with Crippen molar-refractivity contribution in [1.29, 1.82) is 0 Å². The van der Waals surface area contributed by atoms with Crippen molar-refractivity contribution < 1.29 is 5.11 Å². The average molecular weight is 367 g/mol. The second kappa shape index (κ2) is 8.78. The molecule has 3 heterocycles. The van der Waals surface area contributed by atoms with Gasteiger partial charge in [0, 0.05) is 44.8 Å². The molecular weight excluding hydrogens is 338 g/mol. The zero-order valence-electron chi connectivity index (χ0n) is 15.9. The molecule has 0 atom stereocenters. The first-order valence-electron chi connectivity index (χ1n) is 10.0. The molecule has 27 heavy (non-hydrogen) atoms. The summed E-state index contributed by atoms with van der Waals surface area (Å²) >= 11 is 0. The van der Waals surface area contributed by atoms with Gasteiger partial charge in [-0.2, -0.15) is 0 Å². The molecule has 144 valence electrons. The number of hydrogen-bond acceptors (Lipinski definition) is 6. The molecule has 1 aromatic heterocycles. The number of piperazine rings is 1. The average Bonchev–Trinajstić information content (AvgIpc) is 3.26. The lowest BCUT2D eigenvalue weighted by molar-refractivity contribution is 0.215. The summed E-state index contributed by atoms with van der Waals surface area (Å²) in [6, 6.07) is 7.86. The van der Waals surface area contributed by atoms with Gasteiger partial charge in [-0.3, -0.25) is 9.88 Å². The lowest BCUT2D eigenvalue weighted by atomic mass is 10.1. The highest BCUT2D eigenvalue weighted by atomic mass is 16.3. The summed E-state index contributed by atoms with van der Waals surface area (Å²) in [5.74, 6) is 0.945. The van der Waals surface area contributed by atoms with Gasteiger partial charge in [-0.1, -0.05) is 18.2 Å². The number of likely N-dealkylation sites (tertiary alicyclic amines) is 1. The minimum atomic E-state index is 0.0420. The van der Waals surface area contributed by atoms with E-state index in [4.69, 9.17) is 4.98 Å². The first-order chi connectivity index (χ1) is 13.3. The largest absolute Gasteiger partial charge is 0.392 e. The molecule has 4 rings (SSSR count). The summed E-state index contributed by atoms with van der Waals surface area (Å²) in [6.07, 6.45) is 6.39. The number of nitrogens with zero attached hydrogens (tertiary/aromatic N) is 5. The molecule has 2 aromatic rings. The Morgan fingerprint density at radius 1 is 0.889 bits per heavy atom. The van der Waals surface area contributed by atoms with Crippen molar-refractivity contribution >= 4 is 5.82 Å². The van der Waals surface area contributed by atoms with E-state index in [1.165, 1.54) is 39.0 Å². The van der Waals surface area contributed by atoms with Crippen LogP contribution in [0.3, 0.4) is 0 Å². The topological polar surface area (TPSA) is 55.7 Å². The molecule has 0 spiro atoms. The fourth-order valence-electron chi connectivity index (χ4n) is 3.97. The summed E-state index contributed by atoms with van der Waals surface area (Å²) in [5, 5.41) is 9.35. The minimum Gasteiger partial charge on any atom is -0.392 e. The molecule has 0 amide bonds. The van der Waals surface area contributed by atoms with Crippen LogP contribution in [0.15, 0.2) is 36.7 Å². The van der Waals surface area contributed by atoms with Gasteiger partial charge >= 0.3 is 0 Å². The molecule has 0 aliphatic carbocycles. The molecule has 1 aromatic carbocycles. The molecule has 0 bridgehead atoms. The SMILES string of the molecule is OCc1cccc(-c2cncc(N3CCN(CCN4CCCC4)CC3)n2)c1. The highest BCUT2D eigenvalue weighted by Gasteiger charge is 2.20. The number of aromatic nitrogens is 2. The van der Waals surface area contributed by atoms with Crippen LogP contribution in [0.1, 0.15) is 18.4 Å². The normalized spacial score (nSPS) is 18.9. The van der Waals surface area contributed by atoms with E-state index in [0.29, 0.717) is 0 Å². The summed E-state index contributed by atoms with van der Waals surface area (Å²) in [7, 11) is 0. The van der Waals surface area contributed by atoms with E-state index in [1.54, 1.807) is 6.20 Å². The molecule has 2 fully saturated rings. The van der Waals surface area contributed by atoms with Crippen LogP contribution >= 0.6 is 0 Å². The highest BCUT2D eigenvalue weighted by Crippen LogP contribution is 2.21. The van der Waals surface area contributed by atoms with Crippen LogP contribution in [-0.2, 0) is 6.61 Å². The zero-order chi connectivity index (χ0) is 18.5. The molecule has 2 aliphatic heterocycles. The lowest BCUT2D eigenvalue weighted by Crippen LogP contribution is -2.48. The van der Waals surface area contributed by atoms with Crippen LogP contribution in [0.5, 0.6) is 0 Å². The number of anilines is 1. The van der Waals surface area contributed by atoms with Gasteiger partial charge in [0.2, 0.25) is 0 Å². The van der Waals surface area contributed by atoms with Gasteiger partial charge in [-0.05, 0) is 37.6 Å². The molecule has 2 aliphatic rings. The molecule has 2 saturated heterocycles. The second-order valence-electron chi connectivity index (χ2n) is 7.50. The van der Waals surface area contributed by atoms with Gasteiger partial charge in [0.15, 0.2) is 0 Å². The van der Waals surface area contributed by atoms with Crippen molar-refractivity contribution in [3.8, 4) is 11.3 Å². The Balaban J connectivity index is 1.35. The van der Waals surface area contributed by atoms with Crippen molar-refractivity contribution in [2.45, 2.75) is 19.4 Å². The highest BCUT2D eigenvalue weighted by molar-refractivity contribution is 5.61. The summed E-state index contributed by atoms with van der Waals surface area (Å²) in [5.41, 5.74) is 2.76. The molecule has 6 heteroatoms. The Morgan fingerprint density at radius 2 is 1.63 bits per heavy atom. The van der Waals surface area contributed by atoms with E-state index < -0.39 is 0 Å². The zero-order valence-corrected chi connectivity index (χ0v) is 15.9. The number of aliphatic hydroxyl groups excluding tert-OH is 1. The molecule has 1 N–H and O–H groups in total. The predicted molar refractivity (Wildman–Crippen MR) is 108 cm³/mol. The van der Waals surface area contributed by atoms with Crippen molar-refractivity contribution in [3.63, 3.8) is 0 Å². The van der Waals surface area contributed by atoms with E-state index in [-0.39, 0.29) is 6.61 Å². The van der Waals surface area contributed by atoms with Gasteiger partial charge in [-0.15, -0.1) is 0 Å². The molecule has 0 saturated carbocycles. The quantitative estimate of drug-likeness (QED) is 0.841. The van der Waals surface area contributed by atoms with E-state index in [2.05, 4.69) is 19.7 Å². The second-order valence-corrected chi connectivity index (χ2v) is 7.50. The Bertz CT molecular complexity index is 739. The predicted octanol–water partition coefficient (Wildman–Crippen LogP) is 1.85. The minimum absolute atomic E-state index is 0.0420. The number of rotatable bonds is 6. The standard InChI is InChI=1S/C21H29N5O/c27-17-18-4-3-5-19(14-18)20-15-22-16-21(23-20)26-12-10-25(11-13-26)9-8-24-6-1-2-7-24/h3-5,14-16,27H,1-2,6-13,17H2. The fourth-order valence-corrected chi connectivity index (χ4v) is 3.97. The first kappa shape index (κ1) is 18.3. The summed E-state index contributed by atoms with van der Waals surface area (Å²) < 4.78 is 0. The molecule has 6 nitrogen and oxygen atoms in total. The molecule has 0 radical (unpaired) electrons. The summed E-state index contributed by atoms with van der Waals surface area (Å²) in [6.45, 7) is 9.13. The number of hydrogen-bond donors (Lipinski definition) is 1. The number of aliphatic hydroxyl groups is 1. The maximum atomic E-state index is 9.35. The first-order valence-corrected chi connectivity index (χ1v) is 10.0. The Kier molecular flexibility index (Phi) is 5.97. The van der Waals surface area contributed by atoms with Gasteiger partial charge in [0.05, 0.1) is 24.7 Å². The Labute approximate surface area is 161 Å². The van der Waals surface area contributed by atoms with Crippen molar-refractivity contribution in [1.82, 2.24) is 19.8 Å². The van der Waals surface area contributed by atoms with Crippen LogP contribution in [0.4, 0.5) is 5.82 Å². The van der Waals surface area contributed by atoms with Crippen LogP contribution in [0.2, 0.25) is 0 Å². The molecule has 0 unspecified atom stereocenters. The van der Waals surface area contributed by atoms with E-state index >= 15 is 0 Å². The third-order valence-electron chi connectivity index (χ3n) is 5.65. The van der Waals surface area contributed by atoms with Gasteiger partial charge < -0.3 is 14.9 Å². The van der Waals surface area contributed by atoms with E-state index in [1.807, 2.05) is 30.5 Å². The monoisotopic (exact) mass is 367 g/mol. The van der Waals surface area contributed by atoms with Crippen LogP contribution in [0.25, 0.3) is 11.3 Å². The van der Waals surface area contributed by atoms with Gasteiger partial charge in [0.25, 0.3) is 0 Å². The van der Waals surface area contributed by atoms with Crippen molar-refractivity contribution in [2.24, 2.45) is 0 Å². The van der Waals surface area contributed by atoms with Gasteiger partial charge in [0.1, 0.15) is 5.82 Å². The lowest BCUT2D eigenvalue weighted by Gasteiger charge is -2.36. The van der Waals surface area contributed by atoms with Gasteiger partial charge in [-0.25, -0.2) is 4.98 Å². The smallest absolute Gasteiger partial charge is 0.147 e. The van der Waals surface area contributed by atoms with Crippen molar-refractivity contribution in [2.75, 3.05) is 57.3 Å². The maximum absolute atomic E-state index is 9.35. The Morgan fingerprint density at radius 3 is 2.37 bits per heavy atom. The third-order valence-corrected chi connectivity index (χ3v) is 5.65. The van der Waals surface area contributed by atoms with Crippen LogP contribution < -0.4 is 4.90 Å². The van der Waals surface area contributed by atoms with Crippen LogP contribution in [-0.4, -0.2) is 77.2 Å². The fraction of sp³-hybridized carbons (Fsp3) is 0.524.